The first kappa shape index (κ1) is 20.3. The minimum atomic E-state index is -4.64. The number of hydrazine groups is 1. The van der Waals surface area contributed by atoms with E-state index >= 15 is 0 Å². The molecule has 0 bridgehead atoms. The molecule has 27 heavy (non-hydrogen) atoms. The van der Waals surface area contributed by atoms with Gasteiger partial charge in [0.2, 0.25) is 0 Å². The predicted molar refractivity (Wildman–Crippen MR) is 96.4 cm³/mol. The number of amides is 1. The summed E-state index contributed by atoms with van der Waals surface area (Å²) < 4.78 is 44.0. The normalized spacial score (nSPS) is 11.4. The highest BCUT2D eigenvalue weighted by atomic mass is 35.5. The highest BCUT2D eigenvalue weighted by molar-refractivity contribution is 6.31. The van der Waals surface area contributed by atoms with Crippen molar-refractivity contribution in [2.75, 3.05) is 16.9 Å². The number of carbonyl (C=O) groups is 1. The molecule has 0 heterocycles. The molecule has 0 radical (unpaired) electrons. The predicted octanol–water partition coefficient (Wildman–Crippen LogP) is 2.96. The van der Waals surface area contributed by atoms with Crippen LogP contribution in [0.3, 0.4) is 0 Å². The van der Waals surface area contributed by atoms with Gasteiger partial charge in [-0.15, -0.1) is 0 Å². The summed E-state index contributed by atoms with van der Waals surface area (Å²) in [6.45, 7) is -0.464. The van der Waals surface area contributed by atoms with Gasteiger partial charge in [-0.1, -0.05) is 23.7 Å². The van der Waals surface area contributed by atoms with E-state index in [2.05, 4.69) is 10.4 Å². The smallest absolute Gasteiger partial charge is 0.417 e. The number of para-hydroxylation sites is 2. The van der Waals surface area contributed by atoms with Gasteiger partial charge < -0.3 is 15.9 Å². The zero-order valence-electron chi connectivity index (χ0n) is 13.7. The van der Waals surface area contributed by atoms with Gasteiger partial charge in [-0.3, -0.25) is 9.80 Å². The van der Waals surface area contributed by atoms with Gasteiger partial charge in [0.05, 0.1) is 10.6 Å². The molecule has 11 heteroatoms. The average Bonchev–Trinajstić information content (AvgIpc) is 2.61. The SMILES string of the molecule is N/N=C\N(N)c1ccccc1OCC(=O)Nc1ccc(Cl)c(C(F)(F)F)c1. The molecule has 1 amide bonds. The number of ether oxygens (including phenoxy) is 1. The van der Waals surface area contributed by atoms with Crippen LogP contribution in [0.1, 0.15) is 5.56 Å². The number of nitrogens with one attached hydrogen (secondary N) is 1. The van der Waals surface area contributed by atoms with Crippen LogP contribution in [0.4, 0.5) is 24.5 Å². The van der Waals surface area contributed by atoms with Crippen LogP contribution in [-0.2, 0) is 11.0 Å². The maximum absolute atomic E-state index is 12.9. The molecule has 0 aliphatic carbocycles. The molecule has 0 fully saturated rings. The molecule has 5 N–H and O–H groups in total. The summed E-state index contributed by atoms with van der Waals surface area (Å²) in [7, 11) is 0. The second kappa shape index (κ2) is 8.60. The molecule has 2 rings (SSSR count). The van der Waals surface area contributed by atoms with Crippen LogP contribution in [0.2, 0.25) is 5.02 Å². The van der Waals surface area contributed by atoms with E-state index in [-0.39, 0.29) is 11.4 Å². The van der Waals surface area contributed by atoms with Crippen molar-refractivity contribution in [3.05, 3.63) is 53.1 Å². The van der Waals surface area contributed by atoms with Gasteiger partial charge >= 0.3 is 6.18 Å². The van der Waals surface area contributed by atoms with E-state index in [0.717, 1.165) is 23.5 Å². The molecule has 0 saturated heterocycles. The molecular formula is C16H15ClF3N5O2. The number of halogens is 4. The Kier molecular flexibility index (Phi) is 6.48. The van der Waals surface area contributed by atoms with Gasteiger partial charge in [0.1, 0.15) is 17.8 Å². The molecular weight excluding hydrogens is 387 g/mol. The number of carbonyl (C=O) groups excluding carboxylic acids is 1. The number of rotatable bonds is 6. The lowest BCUT2D eigenvalue weighted by molar-refractivity contribution is -0.137. The molecule has 0 atom stereocenters. The third-order valence-corrected chi connectivity index (χ3v) is 3.58. The van der Waals surface area contributed by atoms with Crippen LogP contribution in [-0.4, -0.2) is 18.9 Å². The Morgan fingerprint density at radius 2 is 2.00 bits per heavy atom. The summed E-state index contributed by atoms with van der Waals surface area (Å²) in [5.74, 6) is 10.3. The molecule has 0 spiro atoms. The summed E-state index contributed by atoms with van der Waals surface area (Å²) in [5.41, 5.74) is -0.734. The van der Waals surface area contributed by atoms with Crippen molar-refractivity contribution in [1.29, 1.82) is 0 Å². The van der Waals surface area contributed by atoms with Crippen LogP contribution >= 0.6 is 11.6 Å². The van der Waals surface area contributed by atoms with Crippen LogP contribution in [0, 0.1) is 0 Å². The van der Waals surface area contributed by atoms with Crippen molar-refractivity contribution in [2.45, 2.75) is 6.18 Å². The third-order valence-electron chi connectivity index (χ3n) is 3.25. The van der Waals surface area contributed by atoms with Crippen LogP contribution < -0.4 is 26.7 Å². The Morgan fingerprint density at radius 1 is 1.30 bits per heavy atom. The number of hydrazone groups is 1. The van der Waals surface area contributed by atoms with Gasteiger partial charge in [-0.05, 0) is 30.3 Å². The lowest BCUT2D eigenvalue weighted by atomic mass is 10.2. The molecule has 0 aliphatic heterocycles. The summed E-state index contributed by atoms with van der Waals surface area (Å²) in [5, 5.41) is 6.21. The van der Waals surface area contributed by atoms with Gasteiger partial charge in [0.25, 0.3) is 5.91 Å². The summed E-state index contributed by atoms with van der Waals surface area (Å²) in [6, 6.07) is 9.53. The largest absolute Gasteiger partial charge is 0.482 e. The molecule has 0 unspecified atom stereocenters. The first-order valence-electron chi connectivity index (χ1n) is 7.38. The second-order valence-electron chi connectivity index (χ2n) is 5.17. The summed E-state index contributed by atoms with van der Waals surface area (Å²) >= 11 is 5.54. The van der Waals surface area contributed by atoms with Gasteiger partial charge in [-0.25, -0.2) is 5.84 Å². The van der Waals surface area contributed by atoms with Crippen LogP contribution in [0.5, 0.6) is 5.75 Å². The van der Waals surface area contributed by atoms with Crippen LogP contribution in [0.15, 0.2) is 47.6 Å². The van der Waals surface area contributed by atoms with Gasteiger partial charge in [0, 0.05) is 5.69 Å². The Bertz CT molecular complexity index is 845. The number of hydrogen-bond acceptors (Lipinski definition) is 5. The molecule has 0 aliphatic rings. The fraction of sp³-hybridized carbons (Fsp3) is 0.125. The number of nitrogens with zero attached hydrogens (tertiary/aromatic N) is 2. The number of alkyl halides is 3. The Morgan fingerprint density at radius 3 is 2.67 bits per heavy atom. The Hall–Kier alpha value is -2.98. The number of anilines is 2. The lowest BCUT2D eigenvalue weighted by Crippen LogP contribution is -2.30. The number of hydrogen-bond donors (Lipinski definition) is 3. The van der Waals surface area contributed by atoms with E-state index in [0.29, 0.717) is 5.69 Å². The fourth-order valence-corrected chi connectivity index (χ4v) is 2.31. The van der Waals surface area contributed by atoms with E-state index in [4.69, 9.17) is 28.0 Å². The van der Waals surface area contributed by atoms with Crippen LogP contribution in [0.25, 0.3) is 0 Å². The lowest BCUT2D eigenvalue weighted by Gasteiger charge is -2.17. The van der Waals surface area contributed by atoms with Crippen molar-refractivity contribution >= 4 is 35.2 Å². The standard InChI is InChI=1S/C16H15ClF3N5O2/c17-12-6-5-10(7-11(12)16(18,19)20)24-15(26)8-27-14-4-2-1-3-13(14)25(22)9-23-21/h1-7,9H,8,21-22H2,(H,24,26)/b23-9-. The second-order valence-corrected chi connectivity index (χ2v) is 5.58. The highest BCUT2D eigenvalue weighted by Gasteiger charge is 2.33. The van der Waals surface area contributed by atoms with Crippen molar-refractivity contribution in [1.82, 2.24) is 0 Å². The molecule has 0 saturated carbocycles. The quantitative estimate of drug-likeness (QED) is 0.298. The third kappa shape index (κ3) is 5.50. The minimum absolute atomic E-state index is 0.0654. The van der Waals surface area contributed by atoms with E-state index < -0.39 is 29.3 Å². The van der Waals surface area contributed by atoms with Gasteiger partial charge in [0.15, 0.2) is 6.61 Å². The van der Waals surface area contributed by atoms with Crippen molar-refractivity contribution in [3.8, 4) is 5.75 Å². The van der Waals surface area contributed by atoms with E-state index in [1.54, 1.807) is 24.3 Å². The first-order chi connectivity index (χ1) is 12.7. The molecule has 0 aromatic heterocycles. The topological polar surface area (TPSA) is 106 Å². The zero-order valence-corrected chi connectivity index (χ0v) is 14.5. The Labute approximate surface area is 157 Å². The van der Waals surface area contributed by atoms with Crippen molar-refractivity contribution in [3.63, 3.8) is 0 Å². The number of benzene rings is 2. The molecule has 2 aromatic rings. The first-order valence-corrected chi connectivity index (χ1v) is 7.76. The summed E-state index contributed by atoms with van der Waals surface area (Å²) in [6.07, 6.45) is -3.50. The maximum Gasteiger partial charge on any atom is 0.417 e. The molecule has 7 nitrogen and oxygen atoms in total. The monoisotopic (exact) mass is 401 g/mol. The molecule has 2 aromatic carbocycles. The molecule has 144 valence electrons. The van der Waals surface area contributed by atoms with Crippen molar-refractivity contribution < 1.29 is 22.7 Å². The van der Waals surface area contributed by atoms with E-state index in [1.807, 2.05) is 0 Å². The average molecular weight is 402 g/mol. The van der Waals surface area contributed by atoms with E-state index in [1.165, 1.54) is 6.07 Å². The fourth-order valence-electron chi connectivity index (χ4n) is 2.09. The summed E-state index contributed by atoms with van der Waals surface area (Å²) in [4.78, 5) is 12.0. The van der Waals surface area contributed by atoms with Crippen molar-refractivity contribution in [2.24, 2.45) is 16.8 Å². The van der Waals surface area contributed by atoms with Gasteiger partial charge in [-0.2, -0.15) is 18.3 Å². The zero-order chi connectivity index (χ0) is 20.0. The Balaban J connectivity index is 2.06. The maximum atomic E-state index is 12.9. The number of nitrogens with two attached hydrogens (primary N) is 2. The minimum Gasteiger partial charge on any atom is -0.482 e. The highest BCUT2D eigenvalue weighted by Crippen LogP contribution is 2.36. The van der Waals surface area contributed by atoms with E-state index in [9.17, 15) is 18.0 Å².